The number of carbonyl (C=O) groups is 1. The fourth-order valence-electron chi connectivity index (χ4n) is 2.96. The van der Waals surface area contributed by atoms with E-state index in [2.05, 4.69) is 17.6 Å². The first-order valence-corrected chi connectivity index (χ1v) is 7.80. The highest BCUT2D eigenvalue weighted by atomic mass is 35.5. The van der Waals surface area contributed by atoms with Crippen molar-refractivity contribution in [3.05, 3.63) is 16.0 Å². The van der Waals surface area contributed by atoms with Crippen LogP contribution in [0, 0.1) is 6.92 Å². The van der Waals surface area contributed by atoms with Gasteiger partial charge in [-0.3, -0.25) is 4.79 Å². The maximum atomic E-state index is 12.1. The Balaban J connectivity index is 0.00000147. The largest absolute Gasteiger partial charge is 0.392 e. The van der Waals surface area contributed by atoms with Crippen LogP contribution in [0.4, 0.5) is 5.00 Å². The molecule has 2 unspecified atom stereocenters. The molecule has 0 spiro atoms. The third-order valence-electron chi connectivity index (χ3n) is 4.10. The summed E-state index contributed by atoms with van der Waals surface area (Å²) in [5.41, 5.74) is 2.69. The van der Waals surface area contributed by atoms with Gasteiger partial charge in [-0.2, -0.15) is 0 Å². The molecule has 1 saturated heterocycles. The quantitative estimate of drug-likeness (QED) is 0.782. The van der Waals surface area contributed by atoms with Crippen LogP contribution in [-0.4, -0.2) is 29.7 Å². The second-order valence-corrected chi connectivity index (χ2v) is 6.61. The molecule has 0 aromatic carbocycles. The molecule has 3 N–H and O–H groups in total. The fraction of sp³-hybridized carbons (Fsp3) is 0.643. The Bertz CT molecular complexity index is 504. The molecule has 3 rings (SSSR count). The van der Waals surface area contributed by atoms with Crippen molar-refractivity contribution in [1.82, 2.24) is 5.32 Å². The molecular formula is C14H21ClN2O2S. The maximum absolute atomic E-state index is 12.1. The van der Waals surface area contributed by atoms with E-state index in [9.17, 15) is 9.90 Å². The molecule has 2 atom stereocenters. The van der Waals surface area contributed by atoms with Gasteiger partial charge < -0.3 is 15.7 Å². The van der Waals surface area contributed by atoms with Crippen LogP contribution in [0.2, 0.25) is 0 Å². The monoisotopic (exact) mass is 316 g/mol. The minimum absolute atomic E-state index is 0. The second-order valence-electron chi connectivity index (χ2n) is 5.50. The molecule has 1 amide bonds. The molecule has 0 bridgehead atoms. The summed E-state index contributed by atoms with van der Waals surface area (Å²) in [5, 5.41) is 16.5. The van der Waals surface area contributed by atoms with E-state index < -0.39 is 6.10 Å². The number of halogens is 1. The highest BCUT2D eigenvalue weighted by Crippen LogP contribution is 2.37. The Morgan fingerprint density at radius 3 is 2.80 bits per heavy atom. The van der Waals surface area contributed by atoms with E-state index in [1.165, 1.54) is 28.8 Å². The molecule has 1 aliphatic carbocycles. The average molecular weight is 317 g/mol. The first kappa shape index (κ1) is 15.8. The Labute approximate surface area is 129 Å². The van der Waals surface area contributed by atoms with Gasteiger partial charge in [0.15, 0.2) is 0 Å². The van der Waals surface area contributed by atoms with Gasteiger partial charge >= 0.3 is 0 Å². The van der Waals surface area contributed by atoms with Crippen molar-refractivity contribution in [2.24, 2.45) is 0 Å². The molecule has 0 saturated carbocycles. The summed E-state index contributed by atoms with van der Waals surface area (Å²) >= 11 is 1.73. The molecule has 0 radical (unpaired) electrons. The van der Waals surface area contributed by atoms with Crippen molar-refractivity contribution >= 4 is 34.7 Å². The van der Waals surface area contributed by atoms with Crippen molar-refractivity contribution in [2.75, 3.05) is 11.9 Å². The molecule has 6 heteroatoms. The number of aliphatic hydroxyl groups excluding tert-OH is 1. The zero-order valence-electron chi connectivity index (χ0n) is 11.6. The zero-order valence-corrected chi connectivity index (χ0v) is 13.2. The zero-order chi connectivity index (χ0) is 13.4. The van der Waals surface area contributed by atoms with E-state index in [0.717, 1.165) is 17.8 Å². The predicted octanol–water partition coefficient (Wildman–Crippen LogP) is 2.02. The molecule has 20 heavy (non-hydrogen) atoms. The summed E-state index contributed by atoms with van der Waals surface area (Å²) in [7, 11) is 0. The lowest BCUT2D eigenvalue weighted by Crippen LogP contribution is -2.35. The SMILES string of the molecule is Cc1c(NC(=O)C2CC(O)CN2)sc2c1CCCC2.Cl. The number of aliphatic hydroxyl groups is 1. The number of nitrogens with one attached hydrogen (secondary N) is 2. The van der Waals surface area contributed by atoms with E-state index in [-0.39, 0.29) is 24.4 Å². The number of thiophene rings is 1. The van der Waals surface area contributed by atoms with Crippen LogP contribution < -0.4 is 10.6 Å². The predicted molar refractivity (Wildman–Crippen MR) is 84.0 cm³/mol. The van der Waals surface area contributed by atoms with Crippen LogP contribution in [0.3, 0.4) is 0 Å². The number of fused-ring (bicyclic) bond motifs is 1. The molecule has 4 nitrogen and oxygen atoms in total. The van der Waals surface area contributed by atoms with E-state index in [1.54, 1.807) is 11.3 Å². The van der Waals surface area contributed by atoms with Crippen molar-refractivity contribution in [3.8, 4) is 0 Å². The molecule has 1 aromatic heterocycles. The fourth-order valence-corrected chi connectivity index (χ4v) is 4.26. The maximum Gasteiger partial charge on any atom is 0.242 e. The number of hydrogen-bond donors (Lipinski definition) is 3. The number of rotatable bonds is 2. The van der Waals surface area contributed by atoms with Crippen LogP contribution in [0.15, 0.2) is 0 Å². The third-order valence-corrected chi connectivity index (χ3v) is 5.41. The van der Waals surface area contributed by atoms with Gasteiger partial charge in [-0.25, -0.2) is 0 Å². The van der Waals surface area contributed by atoms with Gasteiger partial charge in [0.25, 0.3) is 0 Å². The van der Waals surface area contributed by atoms with Crippen LogP contribution in [0.25, 0.3) is 0 Å². The molecule has 112 valence electrons. The van der Waals surface area contributed by atoms with Crippen molar-refractivity contribution in [1.29, 1.82) is 0 Å². The summed E-state index contributed by atoms with van der Waals surface area (Å²) in [6, 6.07) is -0.256. The van der Waals surface area contributed by atoms with Gasteiger partial charge in [0.2, 0.25) is 5.91 Å². The van der Waals surface area contributed by atoms with Gasteiger partial charge in [-0.15, -0.1) is 23.7 Å². The van der Waals surface area contributed by atoms with Gasteiger partial charge in [0.05, 0.1) is 17.1 Å². The van der Waals surface area contributed by atoms with Gasteiger partial charge in [-0.1, -0.05) is 0 Å². The third kappa shape index (κ3) is 3.01. The number of hydrogen-bond acceptors (Lipinski definition) is 4. The normalized spacial score (nSPS) is 24.9. The molecule has 1 aromatic rings. The summed E-state index contributed by atoms with van der Waals surface area (Å²) in [6.07, 6.45) is 4.93. The Morgan fingerprint density at radius 2 is 2.15 bits per heavy atom. The summed E-state index contributed by atoms with van der Waals surface area (Å²) in [5.74, 6) is -0.0155. The summed E-state index contributed by atoms with van der Waals surface area (Å²) < 4.78 is 0. The Hall–Kier alpha value is -0.620. The molecule has 1 aliphatic heterocycles. The Kier molecular flexibility index (Phi) is 5.07. The van der Waals surface area contributed by atoms with E-state index in [1.807, 2.05) is 0 Å². The number of carbonyl (C=O) groups excluding carboxylic acids is 1. The van der Waals surface area contributed by atoms with Gasteiger partial charge in [0, 0.05) is 11.4 Å². The highest BCUT2D eigenvalue weighted by molar-refractivity contribution is 7.16. The smallest absolute Gasteiger partial charge is 0.242 e. The number of amides is 1. The molecule has 2 heterocycles. The number of β-amino-alcohol motifs (C(OH)–C–C–N with tert-alkyl or cyclic N) is 1. The lowest BCUT2D eigenvalue weighted by molar-refractivity contribution is -0.117. The van der Waals surface area contributed by atoms with Crippen LogP contribution in [0.1, 0.15) is 35.3 Å². The van der Waals surface area contributed by atoms with Gasteiger partial charge in [0.1, 0.15) is 0 Å². The first-order chi connectivity index (χ1) is 9.15. The summed E-state index contributed by atoms with van der Waals surface area (Å²) in [4.78, 5) is 13.6. The molecule has 1 fully saturated rings. The highest BCUT2D eigenvalue weighted by Gasteiger charge is 2.29. The summed E-state index contributed by atoms with van der Waals surface area (Å²) in [6.45, 7) is 2.62. The van der Waals surface area contributed by atoms with E-state index in [4.69, 9.17) is 0 Å². The van der Waals surface area contributed by atoms with E-state index in [0.29, 0.717) is 13.0 Å². The topological polar surface area (TPSA) is 61.4 Å². The van der Waals surface area contributed by atoms with Crippen LogP contribution in [0.5, 0.6) is 0 Å². The van der Waals surface area contributed by atoms with Gasteiger partial charge in [-0.05, 0) is 50.2 Å². The Morgan fingerprint density at radius 1 is 1.40 bits per heavy atom. The minimum atomic E-state index is -0.395. The van der Waals surface area contributed by atoms with Crippen molar-refractivity contribution in [3.63, 3.8) is 0 Å². The minimum Gasteiger partial charge on any atom is -0.392 e. The average Bonchev–Trinajstić information content (AvgIpc) is 2.96. The van der Waals surface area contributed by atoms with Crippen LogP contribution in [-0.2, 0) is 17.6 Å². The standard InChI is InChI=1S/C14H20N2O2S.ClH/c1-8-10-4-2-3-5-12(10)19-14(8)16-13(18)11-6-9(17)7-15-11;/h9,11,15,17H,2-7H2,1H3,(H,16,18);1H. The number of anilines is 1. The lowest BCUT2D eigenvalue weighted by Gasteiger charge is -2.11. The van der Waals surface area contributed by atoms with Crippen LogP contribution >= 0.6 is 23.7 Å². The second kappa shape index (κ2) is 6.43. The molecule has 2 aliphatic rings. The lowest BCUT2D eigenvalue weighted by atomic mass is 9.96. The first-order valence-electron chi connectivity index (χ1n) is 6.98. The van der Waals surface area contributed by atoms with E-state index >= 15 is 0 Å². The van der Waals surface area contributed by atoms with Crippen molar-refractivity contribution < 1.29 is 9.90 Å². The molecular weight excluding hydrogens is 296 g/mol. The van der Waals surface area contributed by atoms with Crippen molar-refractivity contribution in [2.45, 2.75) is 51.2 Å². The number of aryl methyl sites for hydroxylation is 1.